The minimum atomic E-state index is 0.686. The van der Waals surface area contributed by atoms with Gasteiger partial charge in [-0.2, -0.15) is 0 Å². The van der Waals surface area contributed by atoms with Gasteiger partial charge in [0.1, 0.15) is 0 Å². The van der Waals surface area contributed by atoms with Crippen LogP contribution in [0.1, 0.15) is 68.4 Å². The van der Waals surface area contributed by atoms with E-state index in [1.54, 1.807) is 0 Å². The Labute approximate surface area is 177 Å². The van der Waals surface area contributed by atoms with Gasteiger partial charge in [-0.25, -0.2) is 0 Å². The average Bonchev–Trinajstić information content (AvgIpc) is 2.78. The maximum atomic E-state index is 5.73. The van der Waals surface area contributed by atoms with Crippen molar-refractivity contribution in [1.29, 1.82) is 0 Å². The molecule has 0 N–H and O–H groups in total. The Morgan fingerprint density at radius 2 is 1.41 bits per heavy atom. The largest absolute Gasteiger partial charge is 0.377 e. The molecule has 0 aliphatic heterocycles. The van der Waals surface area contributed by atoms with Crippen LogP contribution < -0.4 is 0 Å². The number of ether oxygens (including phenoxy) is 1. The van der Waals surface area contributed by atoms with Crippen LogP contribution in [0.5, 0.6) is 0 Å². The fourth-order valence-corrected chi connectivity index (χ4v) is 4.40. The summed E-state index contributed by atoms with van der Waals surface area (Å²) in [5, 5.41) is 0. The van der Waals surface area contributed by atoms with Gasteiger partial charge in [0.25, 0.3) is 0 Å². The van der Waals surface area contributed by atoms with E-state index in [1.807, 2.05) is 6.08 Å². The summed E-state index contributed by atoms with van der Waals surface area (Å²) in [6, 6.07) is 18.1. The third-order valence-electron chi connectivity index (χ3n) is 6.26. The summed E-state index contributed by atoms with van der Waals surface area (Å²) >= 11 is 0. The monoisotopic (exact) mass is 388 g/mol. The fraction of sp³-hybridized carbons (Fsp3) is 0.429. The molecule has 0 spiro atoms. The molecule has 0 amide bonds. The van der Waals surface area contributed by atoms with Gasteiger partial charge in [-0.3, -0.25) is 0 Å². The summed E-state index contributed by atoms with van der Waals surface area (Å²) < 4.78 is 5.73. The molecule has 1 saturated carbocycles. The van der Waals surface area contributed by atoms with Crippen LogP contribution in [-0.4, -0.2) is 6.61 Å². The van der Waals surface area contributed by atoms with E-state index in [-0.39, 0.29) is 0 Å². The van der Waals surface area contributed by atoms with Gasteiger partial charge in [-0.05, 0) is 85.5 Å². The van der Waals surface area contributed by atoms with Gasteiger partial charge in [-0.1, -0.05) is 60.7 Å². The molecule has 1 aliphatic carbocycles. The van der Waals surface area contributed by atoms with Crippen molar-refractivity contribution >= 4 is 0 Å². The summed E-state index contributed by atoms with van der Waals surface area (Å²) in [5.74, 6) is 1.65. The highest BCUT2D eigenvalue weighted by Gasteiger charge is 2.21. The van der Waals surface area contributed by atoms with Crippen molar-refractivity contribution in [3.63, 3.8) is 0 Å². The molecule has 0 saturated heterocycles. The molecule has 2 aromatic carbocycles. The number of unbranched alkanes of at least 4 members (excludes halogenated alkanes) is 1. The first-order valence-electron chi connectivity index (χ1n) is 11.3. The molecule has 0 unspecified atom stereocenters. The highest BCUT2D eigenvalue weighted by Crippen LogP contribution is 2.38. The van der Waals surface area contributed by atoms with Crippen LogP contribution in [0.4, 0.5) is 0 Å². The van der Waals surface area contributed by atoms with Crippen LogP contribution in [0.2, 0.25) is 0 Å². The lowest BCUT2D eigenvalue weighted by Gasteiger charge is -2.28. The Kier molecular flexibility index (Phi) is 8.77. The van der Waals surface area contributed by atoms with E-state index in [0.29, 0.717) is 6.61 Å². The Bertz CT molecular complexity index is 733. The van der Waals surface area contributed by atoms with Crippen molar-refractivity contribution in [3.05, 3.63) is 85.0 Å². The second-order valence-corrected chi connectivity index (χ2v) is 8.39. The normalized spacial score (nSPS) is 19.0. The highest BCUT2D eigenvalue weighted by molar-refractivity contribution is 5.64. The molecule has 0 aromatic heterocycles. The first-order valence-corrected chi connectivity index (χ1v) is 11.3. The molecule has 0 heterocycles. The lowest BCUT2D eigenvalue weighted by atomic mass is 9.77. The smallest absolute Gasteiger partial charge is 0.0716 e. The molecule has 1 nitrogen and oxygen atoms in total. The minimum Gasteiger partial charge on any atom is -0.377 e. The number of benzene rings is 2. The van der Waals surface area contributed by atoms with Crippen molar-refractivity contribution in [1.82, 2.24) is 0 Å². The van der Waals surface area contributed by atoms with Crippen LogP contribution in [-0.2, 0) is 11.3 Å². The van der Waals surface area contributed by atoms with Crippen molar-refractivity contribution in [2.75, 3.05) is 6.61 Å². The maximum Gasteiger partial charge on any atom is 0.0716 e. The highest BCUT2D eigenvalue weighted by atomic mass is 16.5. The van der Waals surface area contributed by atoms with Gasteiger partial charge < -0.3 is 4.74 Å². The molecule has 1 aliphatic rings. The number of allylic oxidation sites excluding steroid dienone is 2. The van der Waals surface area contributed by atoms with Crippen LogP contribution in [0, 0.1) is 5.92 Å². The molecule has 0 radical (unpaired) electrons. The molecule has 0 atom stereocenters. The molecule has 29 heavy (non-hydrogen) atoms. The lowest BCUT2D eigenvalue weighted by Crippen LogP contribution is -2.13. The van der Waals surface area contributed by atoms with Crippen molar-refractivity contribution < 1.29 is 4.74 Å². The Hall–Kier alpha value is -2.12. The zero-order valence-electron chi connectivity index (χ0n) is 17.8. The van der Waals surface area contributed by atoms with Crippen molar-refractivity contribution in [2.45, 2.75) is 63.9 Å². The molecular weight excluding hydrogens is 352 g/mol. The summed E-state index contributed by atoms with van der Waals surface area (Å²) in [6.45, 7) is 9.08. The second-order valence-electron chi connectivity index (χ2n) is 8.39. The van der Waals surface area contributed by atoms with E-state index in [1.165, 1.54) is 60.8 Å². The average molecular weight is 389 g/mol. The topological polar surface area (TPSA) is 9.23 Å². The lowest BCUT2D eigenvalue weighted by molar-refractivity contribution is 0.119. The van der Waals surface area contributed by atoms with E-state index < -0.39 is 0 Å². The maximum absolute atomic E-state index is 5.73. The standard InChI is InChI=1S/C28H36O/c1-3-5-7-21-29-22-24-11-15-26(16-12-24)28-19-17-27(18-20-28)25-13-9-23(10-14-25)8-6-4-2/h3-4,11-12,15-20,23,25H,1-2,5-10,13-14,21-22H2. The minimum absolute atomic E-state index is 0.686. The second kappa shape index (κ2) is 11.8. The Morgan fingerprint density at radius 1 is 0.793 bits per heavy atom. The van der Waals surface area contributed by atoms with Gasteiger partial charge in [0.05, 0.1) is 6.61 Å². The predicted molar refractivity (Wildman–Crippen MR) is 125 cm³/mol. The quantitative estimate of drug-likeness (QED) is 0.279. The zero-order valence-corrected chi connectivity index (χ0v) is 17.8. The third-order valence-corrected chi connectivity index (χ3v) is 6.26. The number of rotatable bonds is 11. The SMILES string of the molecule is C=CCCCOCc1ccc(-c2ccc(C3CCC(CCC=C)CC3)cc2)cc1. The third kappa shape index (κ3) is 6.72. The summed E-state index contributed by atoms with van der Waals surface area (Å²) in [7, 11) is 0. The first kappa shape index (κ1) is 21.6. The van der Waals surface area contributed by atoms with E-state index in [4.69, 9.17) is 4.74 Å². The van der Waals surface area contributed by atoms with E-state index >= 15 is 0 Å². The van der Waals surface area contributed by atoms with Crippen LogP contribution >= 0.6 is 0 Å². The molecular formula is C28H36O. The molecule has 154 valence electrons. The Balaban J connectivity index is 1.50. The van der Waals surface area contributed by atoms with Crippen molar-refractivity contribution in [3.8, 4) is 11.1 Å². The van der Waals surface area contributed by atoms with Crippen LogP contribution in [0.25, 0.3) is 11.1 Å². The number of hydrogen-bond acceptors (Lipinski definition) is 1. The zero-order chi connectivity index (χ0) is 20.3. The van der Waals surface area contributed by atoms with E-state index in [9.17, 15) is 0 Å². The first-order chi connectivity index (χ1) is 14.3. The van der Waals surface area contributed by atoms with Gasteiger partial charge in [0.15, 0.2) is 0 Å². The molecule has 1 fully saturated rings. The van der Waals surface area contributed by atoms with Crippen molar-refractivity contribution in [2.24, 2.45) is 5.92 Å². The Morgan fingerprint density at radius 3 is 2.03 bits per heavy atom. The van der Waals surface area contributed by atoms with Gasteiger partial charge >= 0.3 is 0 Å². The molecule has 2 aromatic rings. The van der Waals surface area contributed by atoms with E-state index in [2.05, 4.69) is 67.8 Å². The molecule has 3 rings (SSSR count). The van der Waals surface area contributed by atoms with Crippen LogP contribution in [0.3, 0.4) is 0 Å². The van der Waals surface area contributed by atoms with Crippen LogP contribution in [0.15, 0.2) is 73.8 Å². The van der Waals surface area contributed by atoms with E-state index in [0.717, 1.165) is 31.3 Å². The molecule has 0 bridgehead atoms. The van der Waals surface area contributed by atoms with Gasteiger partial charge in [0, 0.05) is 6.61 Å². The predicted octanol–water partition coefficient (Wildman–Crippen LogP) is 8.08. The fourth-order valence-electron chi connectivity index (χ4n) is 4.40. The van der Waals surface area contributed by atoms with Gasteiger partial charge in [-0.15, -0.1) is 13.2 Å². The summed E-state index contributed by atoms with van der Waals surface area (Å²) in [6.07, 6.45) is 14.0. The molecule has 1 heteroatoms. The summed E-state index contributed by atoms with van der Waals surface area (Å²) in [5.41, 5.74) is 5.32. The van der Waals surface area contributed by atoms with Gasteiger partial charge in [0.2, 0.25) is 0 Å². The number of hydrogen-bond donors (Lipinski definition) is 0. The summed E-state index contributed by atoms with van der Waals surface area (Å²) in [4.78, 5) is 0.